The summed E-state index contributed by atoms with van der Waals surface area (Å²) in [5, 5.41) is 4.52. The Morgan fingerprint density at radius 2 is 1.83 bits per heavy atom. The molecule has 7 heteroatoms. The summed E-state index contributed by atoms with van der Waals surface area (Å²) in [4.78, 5) is 0.262. The second-order valence-corrected chi connectivity index (χ2v) is 9.80. The third kappa shape index (κ3) is 4.90. The number of sulfonamides is 1. The highest BCUT2D eigenvalue weighted by molar-refractivity contribution is 9.10. The second-order valence-electron chi connectivity index (χ2n) is 7.33. The number of aromatic nitrogens is 2. The summed E-state index contributed by atoms with van der Waals surface area (Å²) >= 11 is 3.54. The molecular weight excluding hydrogens is 450 g/mol. The Labute approximate surface area is 181 Å². The van der Waals surface area contributed by atoms with Crippen molar-refractivity contribution < 1.29 is 8.42 Å². The number of halogens is 1. The van der Waals surface area contributed by atoms with Crippen molar-refractivity contribution in [2.24, 2.45) is 0 Å². The van der Waals surface area contributed by atoms with E-state index in [2.05, 4.69) is 39.6 Å². The van der Waals surface area contributed by atoms with E-state index in [1.54, 1.807) is 18.2 Å². The largest absolute Gasteiger partial charge is 0.280 e. The Hall–Kier alpha value is -2.12. The standard InChI is InChI=1S/C22H26BrN3O2S/c1-5-15(2)19-9-11-21(12-10-19)29(27,28)25-20-8-6-7-18(13-20)14-26-17(4)22(23)16(3)24-26/h6-13,15,25H,5,14H2,1-4H3. The molecule has 5 nitrogen and oxygen atoms in total. The molecule has 3 rings (SSSR count). The molecule has 0 aliphatic heterocycles. The van der Waals surface area contributed by atoms with E-state index < -0.39 is 10.0 Å². The van der Waals surface area contributed by atoms with Crippen LogP contribution in [0.2, 0.25) is 0 Å². The third-order valence-corrected chi connectivity index (χ3v) is 7.72. The smallest absolute Gasteiger partial charge is 0.261 e. The van der Waals surface area contributed by atoms with Crippen LogP contribution in [-0.4, -0.2) is 18.2 Å². The lowest BCUT2D eigenvalue weighted by atomic mass is 9.99. The first kappa shape index (κ1) is 21.6. The van der Waals surface area contributed by atoms with E-state index in [9.17, 15) is 8.42 Å². The first-order valence-corrected chi connectivity index (χ1v) is 11.9. The molecule has 1 heterocycles. The molecule has 0 radical (unpaired) electrons. The van der Waals surface area contributed by atoms with Crippen LogP contribution in [0.4, 0.5) is 5.69 Å². The second kappa shape index (κ2) is 8.71. The quantitative estimate of drug-likeness (QED) is 0.481. The van der Waals surface area contributed by atoms with Crippen molar-refractivity contribution in [3.63, 3.8) is 0 Å². The summed E-state index contributed by atoms with van der Waals surface area (Å²) in [5.41, 5.74) is 4.61. The van der Waals surface area contributed by atoms with E-state index in [4.69, 9.17) is 0 Å². The maximum absolute atomic E-state index is 12.8. The van der Waals surface area contributed by atoms with Crippen molar-refractivity contribution in [1.82, 2.24) is 9.78 Å². The summed E-state index contributed by atoms with van der Waals surface area (Å²) in [7, 11) is -3.64. The van der Waals surface area contributed by atoms with Crippen LogP contribution >= 0.6 is 15.9 Å². The molecule has 0 aliphatic rings. The maximum atomic E-state index is 12.8. The lowest BCUT2D eigenvalue weighted by molar-refractivity contribution is 0.601. The SMILES string of the molecule is CCC(C)c1ccc(S(=O)(=O)Nc2cccc(Cn3nc(C)c(Br)c3C)c2)cc1. The summed E-state index contributed by atoms with van der Waals surface area (Å²) in [5.74, 6) is 0.408. The van der Waals surface area contributed by atoms with E-state index in [0.717, 1.165) is 33.4 Å². The molecule has 2 aromatic carbocycles. The Kier molecular flexibility index (Phi) is 6.49. The van der Waals surface area contributed by atoms with Crippen LogP contribution in [0.3, 0.4) is 0 Å². The van der Waals surface area contributed by atoms with Gasteiger partial charge >= 0.3 is 0 Å². The van der Waals surface area contributed by atoms with Gasteiger partial charge in [0.1, 0.15) is 0 Å². The van der Waals surface area contributed by atoms with Crippen LogP contribution in [0.15, 0.2) is 57.9 Å². The Morgan fingerprint density at radius 1 is 1.14 bits per heavy atom. The fourth-order valence-corrected chi connectivity index (χ4v) is 4.49. The van der Waals surface area contributed by atoms with Crippen molar-refractivity contribution in [2.75, 3.05) is 4.72 Å². The topological polar surface area (TPSA) is 64.0 Å². The molecule has 0 amide bonds. The molecule has 1 N–H and O–H groups in total. The van der Waals surface area contributed by atoms with E-state index in [0.29, 0.717) is 18.2 Å². The average Bonchev–Trinajstić information content (AvgIpc) is 2.94. The highest BCUT2D eigenvalue weighted by atomic mass is 79.9. The van der Waals surface area contributed by atoms with Crippen LogP contribution in [0, 0.1) is 13.8 Å². The lowest BCUT2D eigenvalue weighted by Crippen LogP contribution is -2.13. The molecule has 0 fully saturated rings. The molecule has 1 aromatic heterocycles. The van der Waals surface area contributed by atoms with Crippen molar-refractivity contribution in [3.05, 3.63) is 75.5 Å². The number of rotatable bonds is 7. The monoisotopic (exact) mass is 475 g/mol. The van der Waals surface area contributed by atoms with E-state index in [1.807, 2.05) is 48.9 Å². The number of hydrogen-bond acceptors (Lipinski definition) is 3. The van der Waals surface area contributed by atoms with Gasteiger partial charge in [0, 0.05) is 5.69 Å². The maximum Gasteiger partial charge on any atom is 0.261 e. The minimum absolute atomic E-state index is 0.262. The molecule has 3 aromatic rings. The van der Waals surface area contributed by atoms with Crippen molar-refractivity contribution in [1.29, 1.82) is 0 Å². The predicted octanol–water partition coefficient (Wildman–Crippen LogP) is 5.63. The van der Waals surface area contributed by atoms with Gasteiger partial charge in [-0.05, 0) is 77.5 Å². The summed E-state index contributed by atoms with van der Waals surface area (Å²) in [6.07, 6.45) is 1.02. The van der Waals surface area contributed by atoms with Gasteiger partial charge in [0.05, 0.1) is 27.3 Å². The molecule has 0 spiro atoms. The zero-order chi connectivity index (χ0) is 21.2. The molecule has 0 bridgehead atoms. The van der Waals surface area contributed by atoms with Gasteiger partial charge in [0.2, 0.25) is 0 Å². The molecule has 0 aliphatic carbocycles. The van der Waals surface area contributed by atoms with Gasteiger partial charge in [-0.2, -0.15) is 5.10 Å². The fraction of sp³-hybridized carbons (Fsp3) is 0.318. The zero-order valence-electron chi connectivity index (χ0n) is 17.1. The van der Waals surface area contributed by atoms with Gasteiger partial charge in [-0.25, -0.2) is 8.42 Å². The van der Waals surface area contributed by atoms with Gasteiger partial charge < -0.3 is 0 Å². The van der Waals surface area contributed by atoms with Gasteiger partial charge in [0.25, 0.3) is 10.0 Å². The van der Waals surface area contributed by atoms with E-state index in [-0.39, 0.29) is 4.90 Å². The lowest BCUT2D eigenvalue weighted by Gasteiger charge is -2.12. The van der Waals surface area contributed by atoms with Gasteiger partial charge in [0.15, 0.2) is 0 Å². The molecule has 154 valence electrons. The minimum Gasteiger partial charge on any atom is -0.280 e. The van der Waals surface area contributed by atoms with Gasteiger partial charge in [-0.15, -0.1) is 0 Å². The third-order valence-electron chi connectivity index (χ3n) is 5.18. The predicted molar refractivity (Wildman–Crippen MR) is 121 cm³/mol. The normalized spacial score (nSPS) is 12.7. The molecule has 0 saturated heterocycles. The van der Waals surface area contributed by atoms with E-state index in [1.165, 1.54) is 0 Å². The summed E-state index contributed by atoms with van der Waals surface area (Å²) in [6, 6.07) is 14.5. The van der Waals surface area contributed by atoms with E-state index >= 15 is 0 Å². The number of anilines is 1. The number of aryl methyl sites for hydroxylation is 1. The number of benzene rings is 2. The highest BCUT2D eigenvalue weighted by Crippen LogP contribution is 2.24. The molecule has 1 atom stereocenters. The molecule has 1 unspecified atom stereocenters. The first-order chi connectivity index (χ1) is 13.7. The minimum atomic E-state index is -3.64. The molecule has 29 heavy (non-hydrogen) atoms. The summed E-state index contributed by atoms with van der Waals surface area (Å²) < 4.78 is 31.2. The first-order valence-electron chi connectivity index (χ1n) is 9.62. The average molecular weight is 476 g/mol. The highest BCUT2D eigenvalue weighted by Gasteiger charge is 2.15. The fourth-order valence-electron chi connectivity index (χ4n) is 3.16. The van der Waals surface area contributed by atoms with Gasteiger partial charge in [-0.1, -0.05) is 38.1 Å². The van der Waals surface area contributed by atoms with Gasteiger partial charge in [-0.3, -0.25) is 9.40 Å². The number of nitrogens with zero attached hydrogens (tertiary/aromatic N) is 2. The van der Waals surface area contributed by atoms with Crippen molar-refractivity contribution in [3.8, 4) is 0 Å². The number of hydrogen-bond donors (Lipinski definition) is 1. The van der Waals surface area contributed by atoms with Crippen LogP contribution in [0.5, 0.6) is 0 Å². The number of nitrogens with one attached hydrogen (secondary N) is 1. The van der Waals surface area contributed by atoms with Crippen LogP contribution < -0.4 is 4.72 Å². The summed E-state index contributed by atoms with van der Waals surface area (Å²) in [6.45, 7) is 8.77. The Morgan fingerprint density at radius 3 is 2.41 bits per heavy atom. The zero-order valence-corrected chi connectivity index (χ0v) is 19.5. The molecular formula is C22H26BrN3O2S. The van der Waals surface area contributed by atoms with Crippen LogP contribution in [0.25, 0.3) is 0 Å². The van der Waals surface area contributed by atoms with Crippen molar-refractivity contribution in [2.45, 2.75) is 51.5 Å². The van der Waals surface area contributed by atoms with Crippen LogP contribution in [-0.2, 0) is 16.6 Å². The Bertz CT molecular complexity index is 1110. The van der Waals surface area contributed by atoms with Crippen LogP contribution in [0.1, 0.15) is 48.7 Å². The van der Waals surface area contributed by atoms with Crippen molar-refractivity contribution >= 4 is 31.6 Å². The molecule has 0 saturated carbocycles. The Balaban J connectivity index is 1.79.